The number of thiophene rings is 1. The first-order valence-electron chi connectivity index (χ1n) is 7.01. The molecule has 0 aromatic carbocycles. The Hall–Kier alpha value is -2.07. The van der Waals surface area contributed by atoms with Gasteiger partial charge in [0.25, 0.3) is 0 Å². The number of nitrogens with zero attached hydrogens (tertiary/aromatic N) is 2. The Morgan fingerprint density at radius 2 is 2.09 bits per heavy atom. The van der Waals surface area contributed by atoms with Gasteiger partial charge in [-0.1, -0.05) is 0 Å². The van der Waals surface area contributed by atoms with Gasteiger partial charge in [0.1, 0.15) is 16.7 Å². The summed E-state index contributed by atoms with van der Waals surface area (Å²) < 4.78 is 5.22. The molecular formula is C15H19N3O3S. The van der Waals surface area contributed by atoms with E-state index < -0.39 is 11.7 Å². The van der Waals surface area contributed by atoms with Crippen molar-refractivity contribution in [1.82, 2.24) is 4.90 Å². The molecule has 2 amide bonds. The van der Waals surface area contributed by atoms with Gasteiger partial charge in [-0.25, -0.2) is 4.79 Å². The molecule has 1 aromatic rings. The number of carbonyl (C=O) groups is 2. The molecule has 0 fully saturated rings. The fourth-order valence-corrected chi connectivity index (χ4v) is 3.47. The molecule has 1 N–H and O–H groups in total. The van der Waals surface area contributed by atoms with E-state index in [0.717, 1.165) is 10.4 Å². The Bertz CT molecular complexity index is 652. The molecular weight excluding hydrogens is 302 g/mol. The van der Waals surface area contributed by atoms with Crippen LogP contribution in [0, 0.1) is 11.3 Å². The summed E-state index contributed by atoms with van der Waals surface area (Å²) in [5.74, 6) is 0.0132. The summed E-state index contributed by atoms with van der Waals surface area (Å²) in [6.07, 6.45) is 0.0515. The van der Waals surface area contributed by atoms with E-state index in [1.807, 2.05) is 0 Å². The molecule has 0 spiro atoms. The first-order valence-corrected chi connectivity index (χ1v) is 7.83. The van der Waals surface area contributed by atoms with E-state index in [1.165, 1.54) is 18.3 Å². The second-order valence-corrected chi connectivity index (χ2v) is 7.24. The Kier molecular flexibility index (Phi) is 4.42. The molecule has 6 nitrogen and oxygen atoms in total. The zero-order chi connectivity index (χ0) is 16.5. The van der Waals surface area contributed by atoms with Crippen molar-refractivity contribution in [2.24, 2.45) is 0 Å². The van der Waals surface area contributed by atoms with Crippen molar-refractivity contribution in [3.63, 3.8) is 0 Å². The van der Waals surface area contributed by atoms with Crippen LogP contribution in [0.1, 0.15) is 43.7 Å². The van der Waals surface area contributed by atoms with Crippen LogP contribution in [-0.2, 0) is 22.5 Å². The summed E-state index contributed by atoms with van der Waals surface area (Å²) in [7, 11) is 0. The van der Waals surface area contributed by atoms with E-state index in [2.05, 4.69) is 11.4 Å². The van der Waals surface area contributed by atoms with Crippen molar-refractivity contribution < 1.29 is 14.3 Å². The van der Waals surface area contributed by atoms with Crippen molar-refractivity contribution in [3.8, 4) is 6.07 Å². The largest absolute Gasteiger partial charge is 0.444 e. The van der Waals surface area contributed by atoms with Crippen LogP contribution in [-0.4, -0.2) is 29.0 Å². The van der Waals surface area contributed by atoms with Gasteiger partial charge in [-0.2, -0.15) is 5.26 Å². The molecule has 0 saturated carbocycles. The lowest BCUT2D eigenvalue weighted by Gasteiger charge is -2.25. The molecule has 0 unspecified atom stereocenters. The number of amides is 2. The maximum atomic E-state index is 11.9. The minimum Gasteiger partial charge on any atom is -0.444 e. The van der Waals surface area contributed by atoms with Crippen LogP contribution in [0.15, 0.2) is 0 Å². The number of rotatable bonds is 1. The number of nitriles is 1. The molecule has 118 valence electrons. The lowest BCUT2D eigenvalue weighted by molar-refractivity contribution is -0.129. The Labute approximate surface area is 133 Å². The predicted octanol–water partition coefficient (Wildman–Crippen LogP) is 2.87. The summed E-state index contributed by atoms with van der Waals surface area (Å²) >= 11 is 1.33. The highest BCUT2D eigenvalue weighted by molar-refractivity contribution is 7.16. The van der Waals surface area contributed by atoms with Gasteiger partial charge in [-0.15, -0.1) is 11.3 Å². The topological polar surface area (TPSA) is 82.4 Å². The number of fused-ring (bicyclic) bond motifs is 1. The highest BCUT2D eigenvalue weighted by atomic mass is 32.1. The molecule has 1 aliphatic rings. The lowest BCUT2D eigenvalue weighted by atomic mass is 10.0. The molecule has 22 heavy (non-hydrogen) atoms. The summed E-state index contributed by atoms with van der Waals surface area (Å²) in [5.41, 5.74) is 0.809. The fraction of sp³-hybridized carbons (Fsp3) is 0.533. The number of nitrogens with one attached hydrogen (secondary N) is 1. The molecule has 2 rings (SSSR count). The Balaban J connectivity index is 2.22. The van der Waals surface area contributed by atoms with Gasteiger partial charge in [0, 0.05) is 18.3 Å². The highest BCUT2D eigenvalue weighted by Gasteiger charge is 2.27. The van der Waals surface area contributed by atoms with E-state index in [9.17, 15) is 14.9 Å². The maximum absolute atomic E-state index is 11.9. The third-order valence-corrected chi connectivity index (χ3v) is 4.36. The van der Waals surface area contributed by atoms with Crippen molar-refractivity contribution in [2.45, 2.75) is 46.3 Å². The number of carbonyl (C=O) groups excluding carboxylic acids is 2. The summed E-state index contributed by atoms with van der Waals surface area (Å²) in [6, 6.07) is 2.15. The Morgan fingerprint density at radius 3 is 2.64 bits per heavy atom. The lowest BCUT2D eigenvalue weighted by Crippen LogP contribution is -2.33. The standard InChI is InChI=1S/C15H19N3O3S/c1-9(19)18-6-5-10-11(7-16)13(22-12(10)8-18)17-14(20)21-15(2,3)4/h5-6,8H2,1-4H3,(H,17,20). The van der Waals surface area contributed by atoms with Gasteiger partial charge < -0.3 is 9.64 Å². The van der Waals surface area contributed by atoms with E-state index in [-0.39, 0.29) is 5.91 Å². The first kappa shape index (κ1) is 16.3. The highest BCUT2D eigenvalue weighted by Crippen LogP contribution is 2.36. The van der Waals surface area contributed by atoms with E-state index in [0.29, 0.717) is 30.1 Å². The van der Waals surface area contributed by atoms with Crippen molar-refractivity contribution in [2.75, 3.05) is 11.9 Å². The molecule has 7 heteroatoms. The molecule has 0 radical (unpaired) electrons. The zero-order valence-electron chi connectivity index (χ0n) is 13.1. The SMILES string of the molecule is CC(=O)N1CCc2c(sc(NC(=O)OC(C)(C)C)c2C#N)C1. The van der Waals surface area contributed by atoms with Gasteiger partial charge in [0.15, 0.2) is 0 Å². The van der Waals surface area contributed by atoms with Crippen LogP contribution >= 0.6 is 11.3 Å². The quantitative estimate of drug-likeness (QED) is 0.862. The second-order valence-electron chi connectivity index (χ2n) is 6.14. The van der Waals surface area contributed by atoms with Gasteiger partial charge in [-0.05, 0) is 32.8 Å². The Morgan fingerprint density at radius 1 is 1.41 bits per heavy atom. The molecule has 0 atom stereocenters. The second kappa shape index (κ2) is 5.97. The monoisotopic (exact) mass is 321 g/mol. The molecule has 0 saturated heterocycles. The van der Waals surface area contributed by atoms with Crippen LogP contribution in [0.25, 0.3) is 0 Å². The third-order valence-electron chi connectivity index (χ3n) is 3.23. The van der Waals surface area contributed by atoms with Gasteiger partial charge in [0.2, 0.25) is 5.91 Å². The minimum absolute atomic E-state index is 0.0132. The summed E-state index contributed by atoms with van der Waals surface area (Å²) in [5, 5.41) is 12.5. The third kappa shape index (κ3) is 3.57. The molecule has 0 bridgehead atoms. The minimum atomic E-state index is -0.598. The van der Waals surface area contributed by atoms with E-state index in [1.54, 1.807) is 25.7 Å². The predicted molar refractivity (Wildman–Crippen MR) is 83.7 cm³/mol. The van der Waals surface area contributed by atoms with Gasteiger partial charge in [-0.3, -0.25) is 10.1 Å². The summed E-state index contributed by atoms with van der Waals surface area (Å²) in [6.45, 7) is 7.95. The normalized spacial score (nSPS) is 14.0. The van der Waals surface area contributed by atoms with E-state index >= 15 is 0 Å². The molecule has 1 aliphatic heterocycles. The van der Waals surface area contributed by atoms with Crippen molar-refractivity contribution in [1.29, 1.82) is 5.26 Å². The molecule has 1 aromatic heterocycles. The fourth-order valence-electron chi connectivity index (χ4n) is 2.27. The summed E-state index contributed by atoms with van der Waals surface area (Å²) in [4.78, 5) is 26.0. The number of hydrogen-bond donors (Lipinski definition) is 1. The van der Waals surface area contributed by atoms with Crippen LogP contribution in [0.4, 0.5) is 9.80 Å². The van der Waals surface area contributed by atoms with Crippen LogP contribution in [0.3, 0.4) is 0 Å². The van der Waals surface area contributed by atoms with Crippen LogP contribution < -0.4 is 5.32 Å². The zero-order valence-corrected chi connectivity index (χ0v) is 14.0. The van der Waals surface area contributed by atoms with Crippen molar-refractivity contribution >= 4 is 28.3 Å². The first-order chi connectivity index (χ1) is 10.2. The van der Waals surface area contributed by atoms with Crippen LogP contribution in [0.2, 0.25) is 0 Å². The van der Waals surface area contributed by atoms with Gasteiger partial charge >= 0.3 is 6.09 Å². The maximum Gasteiger partial charge on any atom is 0.412 e. The average molecular weight is 321 g/mol. The molecule has 0 aliphatic carbocycles. The number of ether oxygens (including phenoxy) is 1. The molecule has 2 heterocycles. The smallest absolute Gasteiger partial charge is 0.412 e. The number of anilines is 1. The van der Waals surface area contributed by atoms with E-state index in [4.69, 9.17) is 4.74 Å². The van der Waals surface area contributed by atoms with Gasteiger partial charge in [0.05, 0.1) is 12.1 Å². The number of hydrogen-bond acceptors (Lipinski definition) is 5. The average Bonchev–Trinajstić information content (AvgIpc) is 2.71. The van der Waals surface area contributed by atoms with Crippen molar-refractivity contribution in [3.05, 3.63) is 16.0 Å². The van der Waals surface area contributed by atoms with Crippen LogP contribution in [0.5, 0.6) is 0 Å².